The van der Waals surface area contributed by atoms with Crippen molar-refractivity contribution >= 4 is 39.0 Å². The summed E-state index contributed by atoms with van der Waals surface area (Å²) in [7, 11) is 0. The lowest BCUT2D eigenvalue weighted by Crippen LogP contribution is -2.41. The second-order valence-corrected chi connectivity index (χ2v) is 10.3. The van der Waals surface area contributed by atoms with Crippen molar-refractivity contribution in [1.29, 1.82) is 5.26 Å². The highest BCUT2D eigenvalue weighted by molar-refractivity contribution is 7.18. The van der Waals surface area contributed by atoms with Crippen LogP contribution in [0.25, 0.3) is 10.2 Å². The molecule has 0 aliphatic heterocycles. The lowest BCUT2D eigenvalue weighted by molar-refractivity contribution is -0.130. The Balaban J connectivity index is 1.79. The molecule has 0 fully saturated rings. The zero-order valence-corrected chi connectivity index (χ0v) is 22.3. The Morgan fingerprint density at radius 1 is 1.08 bits per heavy atom. The highest BCUT2D eigenvalue weighted by Crippen LogP contribution is 2.27. The Hall–Kier alpha value is -3.63. The van der Waals surface area contributed by atoms with Gasteiger partial charge in [0.05, 0.1) is 26.7 Å². The van der Waals surface area contributed by atoms with Crippen LogP contribution in [0.2, 0.25) is 0 Å². The Morgan fingerprint density at radius 3 is 2.51 bits per heavy atom. The fourth-order valence-electron chi connectivity index (χ4n) is 4.17. The van der Waals surface area contributed by atoms with Crippen molar-refractivity contribution in [3.05, 3.63) is 76.8 Å². The number of nitriles is 1. The Labute approximate surface area is 222 Å². The first-order valence-electron chi connectivity index (χ1n) is 12.7. The average Bonchev–Trinajstić information content (AvgIpc) is 3.32. The third-order valence-electron chi connectivity index (χ3n) is 6.43. The Kier molecular flexibility index (Phi) is 10.3. The number of carbonyl (C=O) groups is 3. The first-order chi connectivity index (χ1) is 17.8. The van der Waals surface area contributed by atoms with Gasteiger partial charge in [-0.05, 0) is 42.5 Å². The van der Waals surface area contributed by atoms with Crippen molar-refractivity contribution in [1.82, 2.24) is 10.3 Å². The quantitative estimate of drug-likeness (QED) is 0.224. The van der Waals surface area contributed by atoms with Gasteiger partial charge in [-0.3, -0.25) is 14.4 Å². The number of thiazole rings is 1. The summed E-state index contributed by atoms with van der Waals surface area (Å²) in [5.74, 6) is -1.08. The molecule has 3 aromatic rings. The summed E-state index contributed by atoms with van der Waals surface area (Å²) in [6, 6.07) is 17.4. The highest BCUT2D eigenvalue weighted by Gasteiger charge is 2.26. The van der Waals surface area contributed by atoms with E-state index >= 15 is 0 Å². The molecule has 0 radical (unpaired) electrons. The van der Waals surface area contributed by atoms with Gasteiger partial charge in [0.1, 0.15) is 11.9 Å². The topological polar surface area (TPSA) is 99.9 Å². The molecule has 1 N–H and O–H groups in total. The second-order valence-electron chi connectivity index (χ2n) is 9.21. The van der Waals surface area contributed by atoms with Gasteiger partial charge in [-0.25, -0.2) is 4.98 Å². The van der Waals surface area contributed by atoms with Crippen LogP contribution in [0.5, 0.6) is 0 Å². The summed E-state index contributed by atoms with van der Waals surface area (Å²) in [5.41, 5.74) is 3.07. The molecule has 0 aliphatic rings. The average molecular weight is 516 g/mol. The summed E-state index contributed by atoms with van der Waals surface area (Å²) < 4.78 is 1.08. The molecule has 3 rings (SSSR count). The van der Waals surface area contributed by atoms with Crippen molar-refractivity contribution in [2.75, 3.05) is 0 Å². The normalized spacial score (nSPS) is 12.5. The fraction of sp³-hybridized carbons (Fsp3) is 0.367. The van der Waals surface area contributed by atoms with Crippen LogP contribution >= 0.6 is 11.3 Å². The second kappa shape index (κ2) is 13.6. The number of nitrogens with zero attached hydrogens (tertiary/aromatic N) is 2. The molecule has 2 atom stereocenters. The maximum atomic E-state index is 13.5. The van der Waals surface area contributed by atoms with E-state index in [-0.39, 0.29) is 41.9 Å². The van der Waals surface area contributed by atoms with Gasteiger partial charge in [-0.1, -0.05) is 56.8 Å². The zero-order valence-electron chi connectivity index (χ0n) is 21.5. The van der Waals surface area contributed by atoms with E-state index < -0.39 is 5.92 Å². The van der Waals surface area contributed by atoms with Crippen LogP contribution in [-0.2, 0) is 33.6 Å². The van der Waals surface area contributed by atoms with Crippen molar-refractivity contribution < 1.29 is 14.4 Å². The maximum Gasteiger partial charge on any atom is 0.224 e. The number of rotatable bonds is 14. The summed E-state index contributed by atoms with van der Waals surface area (Å²) in [5, 5.41) is 12.9. The van der Waals surface area contributed by atoms with Gasteiger partial charge >= 0.3 is 0 Å². The summed E-state index contributed by atoms with van der Waals surface area (Å²) in [4.78, 5) is 42.8. The van der Waals surface area contributed by atoms with Gasteiger partial charge in [0.15, 0.2) is 5.78 Å². The van der Waals surface area contributed by atoms with E-state index in [1.54, 1.807) is 24.3 Å². The van der Waals surface area contributed by atoms with Crippen molar-refractivity contribution in [3.8, 4) is 6.07 Å². The standard InChI is InChI=1S/C30H33N3O3S/c1-4-21-11-13-26-28(16-21)37-29(33-26)18-23(17-25(34)5-2)30(36)32-24(12-14-27(35)20(3)19-31)15-22-9-7-6-8-10-22/h6-11,13,16,23-24H,3-5,12,14-15,17-18H2,1-2H3,(H,32,36)/t23-,24+/m0/s1. The number of Topliss-reactive ketones (excluding diaryl/α,β-unsaturated/α-hetero) is 2. The van der Waals surface area contributed by atoms with E-state index in [9.17, 15) is 14.4 Å². The number of nitrogens with one attached hydrogen (secondary N) is 1. The zero-order chi connectivity index (χ0) is 26.8. The molecule has 0 saturated carbocycles. The van der Waals surface area contributed by atoms with E-state index in [1.165, 1.54) is 5.56 Å². The number of hydrogen-bond acceptors (Lipinski definition) is 6. The Bertz CT molecular complexity index is 1310. The van der Waals surface area contributed by atoms with Crippen molar-refractivity contribution in [2.45, 2.75) is 64.8 Å². The first kappa shape index (κ1) is 27.9. The molecule has 6 nitrogen and oxygen atoms in total. The summed E-state index contributed by atoms with van der Waals surface area (Å²) >= 11 is 1.56. The maximum absolute atomic E-state index is 13.5. The highest BCUT2D eigenvalue weighted by atomic mass is 32.1. The number of aromatic nitrogens is 1. The SMILES string of the molecule is C=C(C#N)C(=O)CC[C@H](Cc1ccccc1)NC(=O)[C@@H](CC(=O)CC)Cc1nc2ccc(CC)cc2s1. The van der Waals surface area contributed by atoms with Crippen LogP contribution < -0.4 is 5.32 Å². The number of allylic oxidation sites excluding steroid dienone is 1. The molecule has 0 aliphatic carbocycles. The van der Waals surface area contributed by atoms with E-state index in [1.807, 2.05) is 36.4 Å². The van der Waals surface area contributed by atoms with Crippen LogP contribution in [0.1, 0.15) is 55.7 Å². The van der Waals surface area contributed by atoms with Crippen molar-refractivity contribution in [2.24, 2.45) is 5.92 Å². The summed E-state index contributed by atoms with van der Waals surface area (Å²) in [6.07, 6.45) is 2.83. The molecule has 37 heavy (non-hydrogen) atoms. The predicted molar refractivity (Wildman–Crippen MR) is 147 cm³/mol. The van der Waals surface area contributed by atoms with Crippen LogP contribution in [0.4, 0.5) is 0 Å². The molecule has 0 spiro atoms. The minimum absolute atomic E-state index is 0.0228. The predicted octanol–water partition coefficient (Wildman–Crippen LogP) is 5.54. The van der Waals surface area contributed by atoms with Crippen molar-refractivity contribution in [3.63, 3.8) is 0 Å². The number of amides is 1. The molecule has 0 saturated heterocycles. The van der Waals surface area contributed by atoms with Crippen LogP contribution in [0.3, 0.4) is 0 Å². The molecule has 1 heterocycles. The minimum Gasteiger partial charge on any atom is -0.353 e. The van der Waals surface area contributed by atoms with Gasteiger partial charge in [0.2, 0.25) is 5.91 Å². The van der Waals surface area contributed by atoms with Gasteiger partial charge in [0, 0.05) is 31.7 Å². The van der Waals surface area contributed by atoms with Crippen LogP contribution in [-0.4, -0.2) is 28.5 Å². The van der Waals surface area contributed by atoms with Gasteiger partial charge in [0.25, 0.3) is 0 Å². The van der Waals surface area contributed by atoms with E-state index in [4.69, 9.17) is 10.2 Å². The molecule has 1 amide bonds. The number of fused-ring (bicyclic) bond motifs is 1. The third kappa shape index (κ3) is 8.19. The lowest BCUT2D eigenvalue weighted by atomic mass is 9.94. The minimum atomic E-state index is -0.554. The van der Waals surface area contributed by atoms with Crippen LogP contribution in [0, 0.1) is 17.2 Å². The molecule has 0 unspecified atom stereocenters. The molecular formula is C30H33N3O3S. The smallest absolute Gasteiger partial charge is 0.224 e. The van der Waals surface area contributed by atoms with E-state index in [2.05, 4.69) is 31.0 Å². The monoisotopic (exact) mass is 515 g/mol. The molecule has 0 bridgehead atoms. The number of aryl methyl sites for hydroxylation is 1. The van der Waals surface area contributed by atoms with Gasteiger partial charge < -0.3 is 5.32 Å². The van der Waals surface area contributed by atoms with Crippen LogP contribution in [0.15, 0.2) is 60.7 Å². The molecular weight excluding hydrogens is 482 g/mol. The third-order valence-corrected chi connectivity index (χ3v) is 7.47. The summed E-state index contributed by atoms with van der Waals surface area (Å²) in [6.45, 7) is 7.41. The fourth-order valence-corrected chi connectivity index (χ4v) is 5.28. The molecule has 7 heteroatoms. The first-order valence-corrected chi connectivity index (χ1v) is 13.5. The Morgan fingerprint density at radius 2 is 1.84 bits per heavy atom. The number of benzene rings is 2. The number of ketones is 2. The largest absolute Gasteiger partial charge is 0.353 e. The van der Waals surface area contributed by atoms with E-state index in [0.29, 0.717) is 25.7 Å². The number of carbonyl (C=O) groups excluding carboxylic acids is 3. The van der Waals surface area contributed by atoms with Gasteiger partial charge in [-0.2, -0.15) is 5.26 Å². The van der Waals surface area contributed by atoms with Gasteiger partial charge in [-0.15, -0.1) is 11.3 Å². The molecule has 192 valence electrons. The number of hydrogen-bond donors (Lipinski definition) is 1. The van der Waals surface area contributed by atoms with E-state index in [0.717, 1.165) is 27.2 Å². The lowest BCUT2D eigenvalue weighted by Gasteiger charge is -2.22. The molecule has 1 aromatic heterocycles. The molecule has 2 aromatic carbocycles.